The smallest absolute Gasteiger partial charge is 0.475 e. The number of piperidine rings is 2. The molecule has 2 N–H and O–H groups in total. The number of aromatic nitrogens is 8. The Morgan fingerprint density at radius 3 is 1.53 bits per heavy atom. The van der Waals surface area contributed by atoms with Crippen molar-refractivity contribution in [3.8, 4) is 11.9 Å². The largest absolute Gasteiger partial charge is 0.490 e. The second kappa shape index (κ2) is 18.2. The minimum absolute atomic E-state index is 0.0145. The molecule has 2 fully saturated rings. The number of hydrogen-bond donors (Lipinski definition) is 2. The number of aliphatic carboxylic acids is 1. The third-order valence-corrected chi connectivity index (χ3v) is 10.3. The molecule has 2 aliphatic rings. The van der Waals surface area contributed by atoms with E-state index in [4.69, 9.17) is 23.7 Å². The van der Waals surface area contributed by atoms with E-state index in [1.54, 1.807) is 39.0 Å². The van der Waals surface area contributed by atoms with Crippen molar-refractivity contribution >= 4 is 33.9 Å². The molecule has 346 valence electrons. The molecular formula is C41H47F7N10O6. The average molecular weight is 909 g/mol. The number of likely N-dealkylation sites (tertiary alicyclic amines) is 1. The summed E-state index contributed by atoms with van der Waals surface area (Å²) in [6.07, 6.45) is -5.07. The second-order valence-electron chi connectivity index (χ2n) is 16.9. The van der Waals surface area contributed by atoms with Gasteiger partial charge in [0, 0.05) is 49.5 Å². The fraction of sp³-hybridized carbons (Fsp3) is 0.512. The first-order chi connectivity index (χ1) is 29.9. The van der Waals surface area contributed by atoms with Crippen LogP contribution < -0.4 is 5.32 Å². The standard InChI is InChI=1S/C22H27F2N5O3.C17H19F2N5O.C2HF3O2/c1-13(2)16-14-7-6-8-15(23)17(14)29(26-16)19-25-18(32-27-19)22(24)9-11-28(12-10-22)20(30)31-21(3,4)5;1-10(2)13-11-4-3-5-12(18)14(11)24(22-13)16-21-15(25-23-16)17(19)6-8-20-9-7-17;3-2(4,5)1(6)7/h6-8,13H,9-12H2,1-5H3;3-5,10,20H,6-9H2,1-2H3;(H,6,7). The quantitative estimate of drug-likeness (QED) is 0.151. The molecule has 2 saturated heterocycles. The van der Waals surface area contributed by atoms with Gasteiger partial charge in [0.1, 0.15) is 28.3 Å². The number of carboxylic acid groups (broad SMARTS) is 1. The number of halogens is 7. The maximum atomic E-state index is 15.7. The highest BCUT2D eigenvalue weighted by molar-refractivity contribution is 5.85. The molecule has 64 heavy (non-hydrogen) atoms. The number of alkyl halides is 5. The van der Waals surface area contributed by atoms with Gasteiger partial charge in [0.05, 0.1) is 11.4 Å². The zero-order valence-electron chi connectivity index (χ0n) is 35.9. The fourth-order valence-corrected chi connectivity index (χ4v) is 7.03. The Bertz CT molecular complexity index is 2600. The van der Waals surface area contributed by atoms with E-state index < -0.39 is 46.8 Å². The molecule has 0 spiro atoms. The van der Waals surface area contributed by atoms with Crippen LogP contribution in [-0.2, 0) is 20.9 Å². The third-order valence-electron chi connectivity index (χ3n) is 10.3. The Kier molecular flexibility index (Phi) is 13.4. The van der Waals surface area contributed by atoms with E-state index >= 15 is 8.78 Å². The SMILES string of the molecule is CC(C)c1nn(-c2noc(C3(F)CCN(C(=O)OC(C)(C)C)CC3)n2)c2c(F)cccc12.CC(C)c1nn(-c2noc(C3(F)CCNCC3)n2)c2c(F)cccc12.O=C(O)C(F)(F)F. The summed E-state index contributed by atoms with van der Waals surface area (Å²) in [6.45, 7) is 14.6. The Labute approximate surface area is 361 Å². The molecular weight excluding hydrogens is 862 g/mol. The number of carbonyl (C=O) groups excluding carboxylic acids is 1. The van der Waals surface area contributed by atoms with Crippen molar-refractivity contribution in [2.24, 2.45) is 0 Å². The van der Waals surface area contributed by atoms with Gasteiger partial charge < -0.3 is 29.1 Å². The highest BCUT2D eigenvalue weighted by atomic mass is 19.4. The summed E-state index contributed by atoms with van der Waals surface area (Å²) in [7, 11) is 0. The van der Waals surface area contributed by atoms with Gasteiger partial charge in [-0.1, -0.05) is 52.0 Å². The molecule has 0 unspecified atom stereocenters. The fourth-order valence-electron chi connectivity index (χ4n) is 7.03. The molecule has 4 aromatic heterocycles. The lowest BCUT2D eigenvalue weighted by atomic mass is 9.93. The summed E-state index contributed by atoms with van der Waals surface area (Å²) in [4.78, 5) is 31.0. The predicted octanol–water partition coefficient (Wildman–Crippen LogP) is 8.72. The Morgan fingerprint density at radius 2 is 1.16 bits per heavy atom. The highest BCUT2D eigenvalue weighted by Crippen LogP contribution is 2.38. The number of amides is 1. The molecule has 0 saturated carbocycles. The number of nitrogens with one attached hydrogen (secondary N) is 1. The van der Waals surface area contributed by atoms with Crippen LogP contribution in [0.3, 0.4) is 0 Å². The molecule has 23 heteroatoms. The molecule has 0 radical (unpaired) electrons. The van der Waals surface area contributed by atoms with Gasteiger partial charge in [0.25, 0.3) is 23.7 Å². The van der Waals surface area contributed by atoms with Crippen LogP contribution in [0.1, 0.15) is 109 Å². The number of hydrogen-bond acceptors (Lipinski definition) is 12. The van der Waals surface area contributed by atoms with Gasteiger partial charge in [0.15, 0.2) is 11.3 Å². The topological polar surface area (TPSA) is 192 Å². The Hall–Kier alpha value is -6.13. The maximum Gasteiger partial charge on any atom is 0.490 e. The van der Waals surface area contributed by atoms with Crippen LogP contribution in [0.4, 0.5) is 35.5 Å². The lowest BCUT2D eigenvalue weighted by Gasteiger charge is -2.35. The van der Waals surface area contributed by atoms with E-state index in [-0.39, 0.29) is 85.3 Å². The molecule has 16 nitrogen and oxygen atoms in total. The van der Waals surface area contributed by atoms with E-state index in [1.165, 1.54) is 26.4 Å². The lowest BCUT2D eigenvalue weighted by molar-refractivity contribution is -0.192. The Morgan fingerprint density at radius 1 is 0.750 bits per heavy atom. The number of rotatable bonds is 6. The Balaban J connectivity index is 0.000000189. The summed E-state index contributed by atoms with van der Waals surface area (Å²) < 4.78 is 110. The van der Waals surface area contributed by atoms with Crippen molar-refractivity contribution < 1.29 is 59.2 Å². The zero-order chi connectivity index (χ0) is 46.9. The van der Waals surface area contributed by atoms with Crippen LogP contribution in [0.5, 0.6) is 0 Å². The number of fused-ring (bicyclic) bond motifs is 2. The molecule has 2 aliphatic heterocycles. The number of para-hydroxylation sites is 2. The summed E-state index contributed by atoms with van der Waals surface area (Å²) in [5, 5.41) is 28.2. The number of nitrogens with zero attached hydrogens (tertiary/aromatic N) is 9. The molecule has 0 atom stereocenters. The monoisotopic (exact) mass is 908 g/mol. The predicted molar refractivity (Wildman–Crippen MR) is 214 cm³/mol. The van der Waals surface area contributed by atoms with E-state index in [0.717, 1.165) is 5.69 Å². The van der Waals surface area contributed by atoms with Crippen LogP contribution in [0, 0.1) is 11.6 Å². The number of ether oxygens (including phenoxy) is 1. The van der Waals surface area contributed by atoms with Gasteiger partial charge >= 0.3 is 18.2 Å². The first kappa shape index (κ1) is 47.4. The third kappa shape index (κ3) is 10.1. The highest BCUT2D eigenvalue weighted by Gasteiger charge is 2.44. The van der Waals surface area contributed by atoms with Crippen LogP contribution in [0.25, 0.3) is 33.7 Å². The molecule has 0 bridgehead atoms. The summed E-state index contributed by atoms with van der Waals surface area (Å²) in [6, 6.07) is 9.53. The molecule has 1 amide bonds. The average Bonchev–Trinajstić information content (AvgIpc) is 4.03. The van der Waals surface area contributed by atoms with Gasteiger partial charge in [-0.3, -0.25) is 0 Å². The van der Waals surface area contributed by atoms with Gasteiger partial charge in [0.2, 0.25) is 0 Å². The van der Waals surface area contributed by atoms with Crippen molar-refractivity contribution in [1.82, 2.24) is 50.1 Å². The van der Waals surface area contributed by atoms with Crippen LogP contribution in [0.15, 0.2) is 45.4 Å². The normalized spacial score (nSPS) is 16.4. The first-order valence-electron chi connectivity index (χ1n) is 20.3. The van der Waals surface area contributed by atoms with Gasteiger partial charge in [-0.05, 0) is 68.1 Å². The molecule has 2 aromatic carbocycles. The summed E-state index contributed by atoms with van der Waals surface area (Å²) >= 11 is 0. The zero-order valence-corrected chi connectivity index (χ0v) is 35.9. The van der Waals surface area contributed by atoms with Crippen molar-refractivity contribution in [1.29, 1.82) is 0 Å². The minimum Gasteiger partial charge on any atom is -0.475 e. The minimum atomic E-state index is -5.08. The van der Waals surface area contributed by atoms with Crippen LogP contribution in [-0.4, -0.2) is 99.9 Å². The van der Waals surface area contributed by atoms with E-state index in [9.17, 15) is 26.7 Å². The maximum absolute atomic E-state index is 15.7. The van der Waals surface area contributed by atoms with Crippen LogP contribution >= 0.6 is 0 Å². The lowest BCUT2D eigenvalue weighted by Crippen LogP contribution is -2.45. The van der Waals surface area contributed by atoms with Gasteiger partial charge in [-0.25, -0.2) is 27.2 Å². The second-order valence-corrected chi connectivity index (χ2v) is 16.9. The summed E-state index contributed by atoms with van der Waals surface area (Å²) in [5.74, 6) is -3.80. The first-order valence-corrected chi connectivity index (χ1v) is 20.3. The molecule has 8 rings (SSSR count). The van der Waals surface area contributed by atoms with Gasteiger partial charge in [-0.15, -0.1) is 0 Å². The molecule has 6 aromatic rings. The summed E-state index contributed by atoms with van der Waals surface area (Å²) in [5.41, 5.74) is -2.26. The van der Waals surface area contributed by atoms with E-state index in [0.29, 0.717) is 29.6 Å². The molecule has 6 heterocycles. The number of carbonyl (C=O) groups is 2. The van der Waals surface area contributed by atoms with Gasteiger partial charge in [-0.2, -0.15) is 42.7 Å². The van der Waals surface area contributed by atoms with E-state index in [1.807, 2.05) is 33.8 Å². The van der Waals surface area contributed by atoms with E-state index in [2.05, 4.69) is 35.8 Å². The van der Waals surface area contributed by atoms with Crippen LogP contribution in [0.2, 0.25) is 0 Å². The van der Waals surface area contributed by atoms with Crippen molar-refractivity contribution in [3.63, 3.8) is 0 Å². The number of benzene rings is 2. The molecule has 0 aliphatic carbocycles. The van der Waals surface area contributed by atoms with Crippen molar-refractivity contribution in [3.05, 3.63) is 71.2 Å². The van der Waals surface area contributed by atoms with Crippen molar-refractivity contribution in [2.45, 2.75) is 109 Å². The van der Waals surface area contributed by atoms with Crippen molar-refractivity contribution in [2.75, 3.05) is 26.2 Å². The number of carboxylic acids is 1.